The predicted octanol–water partition coefficient (Wildman–Crippen LogP) is 1.80. The van der Waals surface area contributed by atoms with Crippen molar-refractivity contribution in [3.05, 3.63) is 75.3 Å². The van der Waals surface area contributed by atoms with Crippen molar-refractivity contribution < 1.29 is 19.1 Å². The van der Waals surface area contributed by atoms with Gasteiger partial charge in [-0.05, 0) is 36.8 Å². The molecule has 5 rings (SSSR count). The van der Waals surface area contributed by atoms with E-state index in [1.54, 1.807) is 41.0 Å². The van der Waals surface area contributed by atoms with E-state index in [-0.39, 0.29) is 24.3 Å². The minimum absolute atomic E-state index is 0.0290. The maximum atomic E-state index is 12.5. The zero-order valence-corrected chi connectivity index (χ0v) is 16.0. The monoisotopic (exact) mass is 403 g/mol. The van der Waals surface area contributed by atoms with Crippen molar-refractivity contribution in [1.29, 1.82) is 0 Å². The van der Waals surface area contributed by atoms with Crippen molar-refractivity contribution in [2.24, 2.45) is 0 Å². The molecule has 0 radical (unpaired) electrons. The van der Waals surface area contributed by atoms with Gasteiger partial charge in [0.15, 0.2) is 0 Å². The van der Waals surface area contributed by atoms with Gasteiger partial charge in [0, 0.05) is 13.0 Å². The number of carbonyl (C=O) groups excluding carboxylic acids is 3. The SMILES string of the molecule is O=C(OCCN1C(=O)c2ccccc2C1=O)c1ccc2c(=O)n3c(nc2c1)CCC3. The molecule has 0 saturated heterocycles. The Balaban J connectivity index is 1.29. The second kappa shape index (κ2) is 6.91. The highest BCUT2D eigenvalue weighted by Crippen LogP contribution is 2.22. The van der Waals surface area contributed by atoms with Crippen LogP contribution in [0.25, 0.3) is 10.9 Å². The van der Waals surface area contributed by atoms with Crippen molar-refractivity contribution in [3.8, 4) is 0 Å². The topological polar surface area (TPSA) is 98.6 Å². The number of benzene rings is 2. The third kappa shape index (κ3) is 2.80. The molecule has 0 unspecified atom stereocenters. The fourth-order valence-electron chi connectivity index (χ4n) is 3.97. The van der Waals surface area contributed by atoms with E-state index in [9.17, 15) is 19.2 Å². The van der Waals surface area contributed by atoms with Gasteiger partial charge in [0.1, 0.15) is 12.4 Å². The molecule has 8 heteroatoms. The van der Waals surface area contributed by atoms with E-state index >= 15 is 0 Å². The normalized spacial score (nSPS) is 14.9. The Labute approximate surface area is 170 Å². The Morgan fingerprint density at radius 2 is 1.77 bits per heavy atom. The van der Waals surface area contributed by atoms with Gasteiger partial charge in [-0.2, -0.15) is 0 Å². The molecule has 3 heterocycles. The molecule has 150 valence electrons. The van der Waals surface area contributed by atoms with E-state index in [2.05, 4.69) is 4.98 Å². The first-order valence-corrected chi connectivity index (χ1v) is 9.70. The maximum Gasteiger partial charge on any atom is 0.338 e. The van der Waals surface area contributed by atoms with Crippen LogP contribution >= 0.6 is 0 Å². The third-order valence-electron chi connectivity index (χ3n) is 5.48. The van der Waals surface area contributed by atoms with Crippen LogP contribution < -0.4 is 5.56 Å². The van der Waals surface area contributed by atoms with Gasteiger partial charge in [-0.15, -0.1) is 0 Å². The number of esters is 1. The van der Waals surface area contributed by atoms with E-state index in [1.165, 1.54) is 6.07 Å². The molecule has 8 nitrogen and oxygen atoms in total. The number of aromatic nitrogens is 2. The number of ether oxygens (including phenoxy) is 1. The molecule has 0 saturated carbocycles. The number of carbonyl (C=O) groups is 3. The highest BCUT2D eigenvalue weighted by molar-refractivity contribution is 6.21. The molecule has 2 aliphatic rings. The van der Waals surface area contributed by atoms with Crippen LogP contribution in [0.15, 0.2) is 47.3 Å². The lowest BCUT2D eigenvalue weighted by molar-refractivity contribution is 0.0420. The van der Waals surface area contributed by atoms with Crippen molar-refractivity contribution in [2.45, 2.75) is 19.4 Å². The van der Waals surface area contributed by atoms with Gasteiger partial charge >= 0.3 is 5.97 Å². The Hall–Kier alpha value is -3.81. The van der Waals surface area contributed by atoms with Crippen molar-refractivity contribution in [3.63, 3.8) is 0 Å². The number of nitrogens with zero attached hydrogens (tertiary/aromatic N) is 3. The first-order chi connectivity index (χ1) is 14.5. The van der Waals surface area contributed by atoms with Crippen LogP contribution in [0.2, 0.25) is 0 Å². The quantitative estimate of drug-likeness (QED) is 0.487. The second-order valence-corrected chi connectivity index (χ2v) is 7.26. The van der Waals surface area contributed by atoms with Crippen LogP contribution in [-0.4, -0.2) is 45.4 Å². The minimum atomic E-state index is -0.601. The van der Waals surface area contributed by atoms with E-state index in [4.69, 9.17) is 4.74 Å². The molecule has 3 aromatic rings. The first kappa shape index (κ1) is 18.2. The summed E-state index contributed by atoms with van der Waals surface area (Å²) in [6, 6.07) is 11.2. The van der Waals surface area contributed by atoms with Crippen LogP contribution in [0.5, 0.6) is 0 Å². The smallest absolute Gasteiger partial charge is 0.338 e. The minimum Gasteiger partial charge on any atom is -0.460 e. The lowest BCUT2D eigenvalue weighted by Crippen LogP contribution is -2.33. The Morgan fingerprint density at radius 1 is 1.03 bits per heavy atom. The average Bonchev–Trinajstić information content (AvgIpc) is 3.32. The lowest BCUT2D eigenvalue weighted by Gasteiger charge is -2.14. The summed E-state index contributed by atoms with van der Waals surface area (Å²) in [6.07, 6.45) is 1.62. The molecule has 2 aliphatic heterocycles. The standard InChI is InChI=1S/C22H17N3O5/c26-19-14-4-1-2-5-15(14)20(27)25(19)10-11-30-22(29)13-7-8-16-17(12-13)23-18-6-3-9-24(18)21(16)28/h1-2,4-5,7-8,12H,3,6,9-11H2. The van der Waals surface area contributed by atoms with Crippen LogP contribution in [0.4, 0.5) is 0 Å². The van der Waals surface area contributed by atoms with Crippen molar-refractivity contribution >= 4 is 28.7 Å². The Morgan fingerprint density at radius 3 is 2.50 bits per heavy atom. The molecule has 0 spiro atoms. The molecule has 0 atom stereocenters. The summed E-state index contributed by atoms with van der Waals surface area (Å²) in [5.41, 5.74) is 1.34. The molecule has 0 aliphatic carbocycles. The zero-order valence-electron chi connectivity index (χ0n) is 16.0. The summed E-state index contributed by atoms with van der Waals surface area (Å²) < 4.78 is 6.93. The van der Waals surface area contributed by atoms with E-state index < -0.39 is 17.8 Å². The summed E-state index contributed by atoms with van der Waals surface area (Å²) >= 11 is 0. The molecular formula is C22H17N3O5. The van der Waals surface area contributed by atoms with E-state index in [0.29, 0.717) is 28.6 Å². The Kier molecular flexibility index (Phi) is 4.20. The van der Waals surface area contributed by atoms with Gasteiger partial charge in [0.05, 0.1) is 34.1 Å². The molecule has 1 aromatic heterocycles. The van der Waals surface area contributed by atoms with Gasteiger partial charge in [-0.25, -0.2) is 9.78 Å². The molecule has 0 N–H and O–H groups in total. The number of hydrogen-bond acceptors (Lipinski definition) is 6. The van der Waals surface area contributed by atoms with Crippen LogP contribution in [0.3, 0.4) is 0 Å². The predicted molar refractivity (Wildman–Crippen MR) is 106 cm³/mol. The highest BCUT2D eigenvalue weighted by Gasteiger charge is 2.34. The number of rotatable bonds is 4. The summed E-state index contributed by atoms with van der Waals surface area (Å²) in [5.74, 6) is -0.661. The van der Waals surface area contributed by atoms with Crippen LogP contribution in [-0.2, 0) is 17.7 Å². The van der Waals surface area contributed by atoms with Gasteiger partial charge in [0.2, 0.25) is 0 Å². The fraction of sp³-hybridized carbons (Fsp3) is 0.227. The molecular weight excluding hydrogens is 386 g/mol. The third-order valence-corrected chi connectivity index (χ3v) is 5.48. The molecule has 2 aromatic carbocycles. The van der Waals surface area contributed by atoms with E-state index in [1.807, 2.05) is 0 Å². The second-order valence-electron chi connectivity index (χ2n) is 7.26. The average molecular weight is 403 g/mol. The van der Waals surface area contributed by atoms with Gasteiger partial charge < -0.3 is 4.74 Å². The van der Waals surface area contributed by atoms with Crippen LogP contribution in [0, 0.1) is 0 Å². The number of imide groups is 1. The summed E-state index contributed by atoms with van der Waals surface area (Å²) in [4.78, 5) is 55.2. The number of aryl methyl sites for hydroxylation is 1. The van der Waals surface area contributed by atoms with Crippen molar-refractivity contribution in [1.82, 2.24) is 14.5 Å². The summed E-state index contributed by atoms with van der Waals surface area (Å²) in [6.45, 7) is 0.514. The fourth-order valence-corrected chi connectivity index (χ4v) is 3.97. The number of amides is 2. The largest absolute Gasteiger partial charge is 0.460 e. The molecule has 30 heavy (non-hydrogen) atoms. The highest BCUT2D eigenvalue weighted by atomic mass is 16.5. The summed E-state index contributed by atoms with van der Waals surface area (Å²) in [5, 5.41) is 0.461. The summed E-state index contributed by atoms with van der Waals surface area (Å²) in [7, 11) is 0. The van der Waals surface area contributed by atoms with Crippen molar-refractivity contribution in [2.75, 3.05) is 13.2 Å². The lowest BCUT2D eigenvalue weighted by atomic mass is 10.1. The Bertz CT molecular complexity index is 1260. The maximum absolute atomic E-state index is 12.5. The van der Waals surface area contributed by atoms with Crippen LogP contribution in [0.1, 0.15) is 43.3 Å². The molecule has 0 fully saturated rings. The van der Waals surface area contributed by atoms with E-state index in [0.717, 1.165) is 23.6 Å². The number of fused-ring (bicyclic) bond motifs is 3. The van der Waals surface area contributed by atoms with Gasteiger partial charge in [-0.3, -0.25) is 23.9 Å². The first-order valence-electron chi connectivity index (χ1n) is 9.70. The molecule has 2 amide bonds. The molecule has 0 bridgehead atoms. The zero-order chi connectivity index (χ0) is 20.8. The van der Waals surface area contributed by atoms with Gasteiger partial charge in [-0.1, -0.05) is 12.1 Å². The number of hydrogen-bond donors (Lipinski definition) is 0. The van der Waals surface area contributed by atoms with Gasteiger partial charge in [0.25, 0.3) is 17.4 Å².